The predicted octanol–water partition coefficient (Wildman–Crippen LogP) is 4.97. The number of ether oxygens (including phenoxy) is 1. The molecule has 1 atom stereocenters. The maximum Gasteiger partial charge on any atom is 0.253 e. The van der Waals surface area contributed by atoms with E-state index in [1.165, 1.54) is 4.57 Å². The van der Waals surface area contributed by atoms with Gasteiger partial charge in [-0.3, -0.25) is 4.79 Å². The summed E-state index contributed by atoms with van der Waals surface area (Å²) in [5.41, 5.74) is 3.35. The Morgan fingerprint density at radius 1 is 1.21 bits per heavy atom. The molecule has 0 aliphatic carbocycles. The summed E-state index contributed by atoms with van der Waals surface area (Å²) in [4.78, 5) is 21.2. The van der Waals surface area contributed by atoms with Crippen LogP contribution in [0.4, 0.5) is 16.0 Å². The maximum atomic E-state index is 14.6. The van der Waals surface area contributed by atoms with Gasteiger partial charge in [-0.1, -0.05) is 37.3 Å². The Kier molecular flexibility index (Phi) is 5.95. The summed E-state index contributed by atoms with van der Waals surface area (Å²) in [6.07, 6.45) is 5.89. The smallest absolute Gasteiger partial charge is 0.253 e. The zero-order valence-corrected chi connectivity index (χ0v) is 18.7. The van der Waals surface area contributed by atoms with Crippen LogP contribution in [0.3, 0.4) is 0 Å². The number of amides is 1. The highest BCUT2D eigenvalue weighted by Crippen LogP contribution is 2.29. The van der Waals surface area contributed by atoms with Gasteiger partial charge in [-0.05, 0) is 41.8 Å². The molecular formula is C26H24FN5O2. The van der Waals surface area contributed by atoms with Gasteiger partial charge in [-0.2, -0.15) is 4.98 Å². The highest BCUT2D eigenvalue weighted by atomic mass is 19.1. The molecule has 8 heteroatoms. The minimum atomic E-state index is -0.591. The highest BCUT2D eigenvalue weighted by Gasteiger charge is 2.17. The third kappa shape index (κ3) is 4.47. The number of nitrogens with zero attached hydrogens (tertiary/aromatic N) is 3. The molecule has 1 aliphatic rings. The normalized spacial score (nSPS) is 13.1. The first-order valence-corrected chi connectivity index (χ1v) is 11.2. The van der Waals surface area contributed by atoms with Gasteiger partial charge in [0.1, 0.15) is 5.75 Å². The van der Waals surface area contributed by atoms with E-state index in [4.69, 9.17) is 4.74 Å². The summed E-state index contributed by atoms with van der Waals surface area (Å²) in [5.74, 6) is 0.358. The largest absolute Gasteiger partial charge is 0.493 e. The van der Waals surface area contributed by atoms with Crippen molar-refractivity contribution in [3.63, 3.8) is 0 Å². The molecule has 0 fully saturated rings. The number of hydrogen-bond donors (Lipinski definition) is 2. The predicted molar refractivity (Wildman–Crippen MR) is 127 cm³/mol. The van der Waals surface area contributed by atoms with Crippen molar-refractivity contribution < 1.29 is 13.9 Å². The number of hydrogen-bond acceptors (Lipinski definition) is 5. The number of halogens is 1. The van der Waals surface area contributed by atoms with E-state index >= 15 is 0 Å². The zero-order valence-electron chi connectivity index (χ0n) is 18.7. The molecule has 0 spiro atoms. The van der Waals surface area contributed by atoms with E-state index in [1.54, 1.807) is 18.5 Å². The van der Waals surface area contributed by atoms with Gasteiger partial charge in [0.2, 0.25) is 5.95 Å². The molecule has 1 aliphatic heterocycles. The summed E-state index contributed by atoms with van der Waals surface area (Å²) >= 11 is 0. The Labute approximate surface area is 196 Å². The molecule has 1 amide bonds. The number of aromatic nitrogens is 3. The van der Waals surface area contributed by atoms with Crippen molar-refractivity contribution in [1.82, 2.24) is 19.9 Å². The molecular weight excluding hydrogens is 433 g/mol. The number of anilines is 2. The van der Waals surface area contributed by atoms with E-state index in [0.29, 0.717) is 12.2 Å². The van der Waals surface area contributed by atoms with Crippen LogP contribution in [0.25, 0.3) is 5.82 Å². The molecule has 0 saturated carbocycles. The van der Waals surface area contributed by atoms with Gasteiger partial charge in [0.15, 0.2) is 11.6 Å². The fraction of sp³-hybridized carbons (Fsp3) is 0.192. The fourth-order valence-electron chi connectivity index (χ4n) is 4.00. The molecule has 5 rings (SSSR count). The maximum absolute atomic E-state index is 14.6. The van der Waals surface area contributed by atoms with Crippen LogP contribution in [-0.4, -0.2) is 27.0 Å². The third-order valence-corrected chi connectivity index (χ3v) is 5.79. The average Bonchev–Trinajstić information content (AvgIpc) is 3.54. The van der Waals surface area contributed by atoms with E-state index in [9.17, 15) is 9.18 Å². The van der Waals surface area contributed by atoms with Crippen LogP contribution < -0.4 is 15.4 Å². The molecule has 2 aromatic carbocycles. The van der Waals surface area contributed by atoms with Crippen LogP contribution in [0.15, 0.2) is 73.2 Å². The fourth-order valence-corrected chi connectivity index (χ4v) is 4.00. The van der Waals surface area contributed by atoms with Crippen LogP contribution in [0.5, 0.6) is 5.75 Å². The molecule has 1 unspecified atom stereocenters. The van der Waals surface area contributed by atoms with Crippen molar-refractivity contribution in [2.24, 2.45) is 0 Å². The highest BCUT2D eigenvalue weighted by molar-refractivity contribution is 5.94. The molecule has 0 radical (unpaired) electrons. The third-order valence-electron chi connectivity index (χ3n) is 5.79. The van der Waals surface area contributed by atoms with Gasteiger partial charge in [-0.25, -0.2) is 9.37 Å². The minimum Gasteiger partial charge on any atom is -0.493 e. The first-order valence-electron chi connectivity index (χ1n) is 11.2. The minimum absolute atomic E-state index is 0.0520. The summed E-state index contributed by atoms with van der Waals surface area (Å²) in [7, 11) is 0. The Morgan fingerprint density at radius 3 is 2.88 bits per heavy atom. The lowest BCUT2D eigenvalue weighted by Gasteiger charge is -2.17. The SMILES string of the molecule is CCC(NC(=O)c1ccn(-c2nc(Nc3ccc4c(c3)CCO4)ncc2F)c1)c1ccccc1. The van der Waals surface area contributed by atoms with E-state index in [2.05, 4.69) is 20.6 Å². The lowest BCUT2D eigenvalue weighted by atomic mass is 10.0. The molecule has 2 aromatic heterocycles. The van der Waals surface area contributed by atoms with Crippen molar-refractivity contribution in [3.8, 4) is 11.6 Å². The summed E-state index contributed by atoms with van der Waals surface area (Å²) < 4.78 is 21.6. The van der Waals surface area contributed by atoms with Crippen molar-refractivity contribution in [1.29, 1.82) is 0 Å². The Hall–Kier alpha value is -4.20. The lowest BCUT2D eigenvalue weighted by Crippen LogP contribution is -2.27. The van der Waals surface area contributed by atoms with Crippen LogP contribution in [0.1, 0.15) is 40.9 Å². The summed E-state index contributed by atoms with van der Waals surface area (Å²) in [6, 6.07) is 17.1. The molecule has 172 valence electrons. The van der Waals surface area contributed by atoms with Crippen molar-refractivity contribution in [3.05, 3.63) is 95.7 Å². The Bertz CT molecular complexity index is 1320. The number of nitrogens with one attached hydrogen (secondary N) is 2. The van der Waals surface area contributed by atoms with Gasteiger partial charge in [0.05, 0.1) is 24.4 Å². The van der Waals surface area contributed by atoms with E-state index in [1.807, 2.05) is 55.5 Å². The van der Waals surface area contributed by atoms with E-state index in [0.717, 1.165) is 41.6 Å². The second-order valence-electron chi connectivity index (χ2n) is 8.06. The molecule has 3 heterocycles. The number of rotatable bonds is 7. The summed E-state index contributed by atoms with van der Waals surface area (Å²) in [5, 5.41) is 6.16. The Morgan fingerprint density at radius 2 is 2.06 bits per heavy atom. The number of benzene rings is 2. The first-order chi connectivity index (χ1) is 16.6. The number of carbonyl (C=O) groups is 1. The van der Waals surface area contributed by atoms with Gasteiger partial charge < -0.3 is 19.9 Å². The molecule has 2 N–H and O–H groups in total. The van der Waals surface area contributed by atoms with Crippen molar-refractivity contribution in [2.75, 3.05) is 11.9 Å². The van der Waals surface area contributed by atoms with Crippen LogP contribution in [0.2, 0.25) is 0 Å². The zero-order chi connectivity index (χ0) is 23.5. The topological polar surface area (TPSA) is 81.1 Å². The van der Waals surface area contributed by atoms with Gasteiger partial charge in [-0.15, -0.1) is 0 Å². The second-order valence-corrected chi connectivity index (χ2v) is 8.06. The lowest BCUT2D eigenvalue weighted by molar-refractivity contribution is 0.0935. The Balaban J connectivity index is 1.33. The van der Waals surface area contributed by atoms with Gasteiger partial charge >= 0.3 is 0 Å². The average molecular weight is 458 g/mol. The molecule has 0 saturated heterocycles. The molecule has 0 bridgehead atoms. The van der Waals surface area contributed by atoms with Crippen LogP contribution in [-0.2, 0) is 6.42 Å². The number of carbonyl (C=O) groups excluding carboxylic acids is 1. The monoisotopic (exact) mass is 457 g/mol. The van der Waals surface area contributed by atoms with Crippen LogP contribution in [0, 0.1) is 5.82 Å². The van der Waals surface area contributed by atoms with E-state index < -0.39 is 5.82 Å². The molecule has 7 nitrogen and oxygen atoms in total. The van der Waals surface area contributed by atoms with E-state index in [-0.39, 0.29) is 23.7 Å². The quantitative estimate of drug-likeness (QED) is 0.410. The molecule has 34 heavy (non-hydrogen) atoms. The van der Waals surface area contributed by atoms with Crippen molar-refractivity contribution in [2.45, 2.75) is 25.8 Å². The first kappa shape index (κ1) is 21.6. The second kappa shape index (κ2) is 9.35. The van der Waals surface area contributed by atoms with Crippen molar-refractivity contribution >= 4 is 17.5 Å². The number of fused-ring (bicyclic) bond motifs is 1. The standard InChI is InChI=1S/C26H24FN5O2/c1-2-22(17-6-4-3-5-7-17)30-25(33)19-10-12-32(16-19)24-21(27)15-28-26(31-24)29-20-8-9-23-18(14-20)11-13-34-23/h3-10,12,14-16,22H,2,11,13H2,1H3,(H,30,33)(H,28,29,31). The summed E-state index contributed by atoms with van der Waals surface area (Å²) in [6.45, 7) is 2.69. The van der Waals surface area contributed by atoms with Gasteiger partial charge in [0, 0.05) is 24.5 Å². The molecule has 4 aromatic rings. The van der Waals surface area contributed by atoms with Crippen LogP contribution >= 0.6 is 0 Å². The van der Waals surface area contributed by atoms with Gasteiger partial charge in [0.25, 0.3) is 5.91 Å².